The quantitative estimate of drug-likeness (QED) is 0.666. The summed E-state index contributed by atoms with van der Waals surface area (Å²) in [7, 11) is 0. The normalized spacial score (nSPS) is 11.0. The minimum atomic E-state index is -0.706. The van der Waals surface area contributed by atoms with Crippen LogP contribution in [-0.2, 0) is 6.54 Å². The Morgan fingerprint density at radius 3 is 2.64 bits per heavy atom. The molecule has 1 aromatic heterocycles. The van der Waals surface area contributed by atoms with Crippen LogP contribution in [0, 0.1) is 34.0 Å². The van der Waals surface area contributed by atoms with Crippen LogP contribution in [0.5, 0.6) is 0 Å². The van der Waals surface area contributed by atoms with Crippen LogP contribution in [0.1, 0.15) is 11.4 Å². The van der Waals surface area contributed by atoms with Gasteiger partial charge in [0.2, 0.25) is 0 Å². The molecule has 0 radical (unpaired) electrons. The van der Waals surface area contributed by atoms with Crippen molar-refractivity contribution >= 4 is 0 Å². The van der Waals surface area contributed by atoms with Gasteiger partial charge in [0.1, 0.15) is 18.2 Å². The van der Waals surface area contributed by atoms with Gasteiger partial charge in [-0.25, -0.2) is 4.98 Å². The Morgan fingerprint density at radius 1 is 1.43 bits per heavy atom. The molecule has 0 aliphatic heterocycles. The molecule has 6 nitrogen and oxygen atoms in total. The first-order valence-corrected chi connectivity index (χ1v) is 3.73. The Kier molecular flexibility index (Phi) is 2.81. The highest BCUT2D eigenvalue weighted by Gasteiger charge is 2.11. The largest absolute Gasteiger partial charge is 0.319 e. The molecule has 1 rings (SSSR count). The van der Waals surface area contributed by atoms with Gasteiger partial charge in [-0.3, -0.25) is 0 Å². The number of nitrogens with zero attached hydrogens (tertiary/aromatic N) is 5. The van der Waals surface area contributed by atoms with Crippen LogP contribution in [0.25, 0.3) is 0 Å². The van der Waals surface area contributed by atoms with Gasteiger partial charge in [0.25, 0.3) is 0 Å². The molecular weight excluding hydrogens is 180 g/mol. The molecule has 0 amide bonds. The van der Waals surface area contributed by atoms with Crippen LogP contribution in [0.3, 0.4) is 0 Å². The third kappa shape index (κ3) is 1.69. The van der Waals surface area contributed by atoms with Gasteiger partial charge in [-0.1, -0.05) is 0 Å². The highest BCUT2D eigenvalue weighted by Crippen LogP contribution is 2.05. The minimum absolute atomic E-state index is 0.0534. The Hall–Kier alpha value is -2.36. The fourth-order valence-corrected chi connectivity index (χ4v) is 0.972. The number of imidazole rings is 1. The highest BCUT2D eigenvalue weighted by atomic mass is 15.1. The summed E-state index contributed by atoms with van der Waals surface area (Å²) in [4.78, 5) is 3.71. The summed E-state index contributed by atoms with van der Waals surface area (Å²) >= 11 is 0. The molecule has 0 spiro atoms. The lowest BCUT2D eigenvalue weighted by Gasteiger charge is -2.03. The molecule has 0 saturated carbocycles. The summed E-state index contributed by atoms with van der Waals surface area (Å²) in [5.41, 5.74) is 5.57. The molecular formula is C8H6N6. The van der Waals surface area contributed by atoms with Crippen LogP contribution in [-0.4, -0.2) is 15.6 Å². The maximum atomic E-state index is 8.72. The average molecular weight is 186 g/mol. The van der Waals surface area contributed by atoms with Crippen LogP contribution >= 0.6 is 0 Å². The first-order chi connectivity index (χ1) is 6.72. The van der Waals surface area contributed by atoms with Crippen LogP contribution in [0.2, 0.25) is 0 Å². The minimum Gasteiger partial charge on any atom is -0.319 e. The second-order valence-electron chi connectivity index (χ2n) is 2.55. The van der Waals surface area contributed by atoms with Gasteiger partial charge in [0.15, 0.2) is 11.4 Å². The number of hydrogen-bond donors (Lipinski definition) is 1. The first kappa shape index (κ1) is 9.73. The molecule has 0 aliphatic carbocycles. The summed E-state index contributed by atoms with van der Waals surface area (Å²) < 4.78 is 1.40. The SMILES string of the molecule is N#Cc1ncn(CC(N)C#N)c1C#N. The lowest BCUT2D eigenvalue weighted by atomic mass is 10.3. The monoisotopic (exact) mass is 186 g/mol. The molecule has 1 atom stereocenters. The summed E-state index contributed by atoms with van der Waals surface area (Å²) in [6.45, 7) is 0.161. The van der Waals surface area contributed by atoms with Crippen molar-refractivity contribution < 1.29 is 0 Å². The number of rotatable bonds is 2. The van der Waals surface area contributed by atoms with E-state index in [1.165, 1.54) is 10.9 Å². The Bertz CT molecular complexity index is 452. The Morgan fingerprint density at radius 2 is 2.14 bits per heavy atom. The van der Waals surface area contributed by atoms with Crippen molar-refractivity contribution in [2.24, 2.45) is 5.73 Å². The summed E-state index contributed by atoms with van der Waals surface area (Å²) in [5, 5.41) is 25.8. The molecule has 0 fully saturated rings. The maximum Gasteiger partial charge on any atom is 0.176 e. The third-order valence-electron chi connectivity index (χ3n) is 1.61. The molecule has 0 aliphatic rings. The summed E-state index contributed by atoms with van der Waals surface area (Å²) in [5.74, 6) is 0. The van der Waals surface area contributed by atoms with E-state index in [0.717, 1.165) is 0 Å². The molecule has 0 bridgehead atoms. The molecule has 2 N–H and O–H groups in total. The van der Waals surface area contributed by atoms with Crippen LogP contribution in [0.15, 0.2) is 6.33 Å². The zero-order valence-corrected chi connectivity index (χ0v) is 7.18. The van der Waals surface area contributed by atoms with E-state index in [2.05, 4.69) is 4.98 Å². The number of nitrogens with two attached hydrogens (primary N) is 1. The molecule has 1 unspecified atom stereocenters. The second kappa shape index (κ2) is 4.04. The van der Waals surface area contributed by atoms with Gasteiger partial charge in [-0.15, -0.1) is 0 Å². The van der Waals surface area contributed by atoms with E-state index in [0.29, 0.717) is 0 Å². The lowest BCUT2D eigenvalue weighted by molar-refractivity contribution is 0.631. The van der Waals surface area contributed by atoms with Crippen molar-refractivity contribution in [2.45, 2.75) is 12.6 Å². The van der Waals surface area contributed by atoms with Gasteiger partial charge in [0, 0.05) is 0 Å². The van der Waals surface area contributed by atoms with Crippen molar-refractivity contribution in [2.75, 3.05) is 0 Å². The number of nitriles is 3. The van der Waals surface area contributed by atoms with Crippen molar-refractivity contribution in [3.05, 3.63) is 17.7 Å². The fraction of sp³-hybridized carbons (Fsp3) is 0.250. The molecule has 14 heavy (non-hydrogen) atoms. The van der Waals surface area contributed by atoms with Crippen LogP contribution in [0.4, 0.5) is 0 Å². The Labute approximate surface area is 80.4 Å². The van der Waals surface area contributed by atoms with Gasteiger partial charge in [0.05, 0.1) is 18.9 Å². The lowest BCUT2D eigenvalue weighted by Crippen LogP contribution is -2.24. The molecule has 68 valence electrons. The van der Waals surface area contributed by atoms with E-state index in [1.54, 1.807) is 6.07 Å². The topological polar surface area (TPSA) is 115 Å². The first-order valence-electron chi connectivity index (χ1n) is 3.73. The van der Waals surface area contributed by atoms with Crippen molar-refractivity contribution in [3.8, 4) is 18.2 Å². The predicted octanol–water partition coefficient (Wildman–Crippen LogP) is -0.523. The third-order valence-corrected chi connectivity index (χ3v) is 1.61. The van der Waals surface area contributed by atoms with Gasteiger partial charge in [-0.05, 0) is 0 Å². The molecule has 0 aromatic carbocycles. The van der Waals surface area contributed by atoms with Gasteiger partial charge >= 0.3 is 0 Å². The van der Waals surface area contributed by atoms with E-state index in [1.807, 2.05) is 12.1 Å². The van der Waals surface area contributed by atoms with Crippen LogP contribution < -0.4 is 5.73 Å². The second-order valence-corrected chi connectivity index (χ2v) is 2.55. The molecule has 0 saturated heterocycles. The standard InChI is InChI=1S/C8H6N6/c9-1-6(12)4-14-5-13-7(2-10)8(14)3-11/h5-6H,4,12H2. The van der Waals surface area contributed by atoms with E-state index >= 15 is 0 Å². The predicted molar refractivity (Wildman–Crippen MR) is 45.2 cm³/mol. The zero-order valence-electron chi connectivity index (χ0n) is 7.18. The van der Waals surface area contributed by atoms with Crippen molar-refractivity contribution in [3.63, 3.8) is 0 Å². The van der Waals surface area contributed by atoms with Gasteiger partial charge < -0.3 is 10.3 Å². The van der Waals surface area contributed by atoms with E-state index in [-0.39, 0.29) is 17.9 Å². The van der Waals surface area contributed by atoms with E-state index in [4.69, 9.17) is 21.5 Å². The average Bonchev–Trinajstić information content (AvgIpc) is 2.59. The number of hydrogen-bond acceptors (Lipinski definition) is 5. The van der Waals surface area contributed by atoms with Crippen molar-refractivity contribution in [1.82, 2.24) is 9.55 Å². The maximum absolute atomic E-state index is 8.72. The summed E-state index contributed by atoms with van der Waals surface area (Å²) in [6, 6.07) is 4.74. The number of aromatic nitrogens is 2. The highest BCUT2D eigenvalue weighted by molar-refractivity contribution is 5.36. The smallest absolute Gasteiger partial charge is 0.176 e. The molecule has 1 heterocycles. The van der Waals surface area contributed by atoms with E-state index in [9.17, 15) is 0 Å². The van der Waals surface area contributed by atoms with E-state index < -0.39 is 6.04 Å². The molecule has 6 heteroatoms. The van der Waals surface area contributed by atoms with Crippen molar-refractivity contribution in [1.29, 1.82) is 15.8 Å². The fourth-order valence-electron chi connectivity index (χ4n) is 0.972. The van der Waals surface area contributed by atoms with Gasteiger partial charge in [-0.2, -0.15) is 15.8 Å². The summed E-state index contributed by atoms with van der Waals surface area (Å²) in [6.07, 6.45) is 1.33. The Balaban J connectivity index is 3.02. The molecule has 1 aromatic rings. The zero-order chi connectivity index (χ0) is 10.6.